The van der Waals surface area contributed by atoms with Crippen molar-refractivity contribution in [2.75, 3.05) is 45.8 Å². The fourth-order valence-corrected chi connectivity index (χ4v) is 3.07. The second-order valence-electron chi connectivity index (χ2n) is 5.93. The fraction of sp³-hybridized carbons (Fsp3) is 0.867. The van der Waals surface area contributed by atoms with Gasteiger partial charge in [-0.2, -0.15) is 0 Å². The number of amides is 2. The molecule has 0 N–H and O–H groups in total. The minimum Gasteiger partial charge on any atom is -0.341 e. The van der Waals surface area contributed by atoms with Crippen molar-refractivity contribution in [3.8, 4) is 0 Å². The van der Waals surface area contributed by atoms with Gasteiger partial charge in [-0.15, -0.1) is 0 Å². The third kappa shape index (κ3) is 4.47. The molecule has 0 aromatic heterocycles. The van der Waals surface area contributed by atoms with E-state index in [2.05, 4.69) is 4.90 Å². The number of carbonyl (C=O) groups is 2. The minimum absolute atomic E-state index is 0.117. The first-order valence-electron chi connectivity index (χ1n) is 7.92. The van der Waals surface area contributed by atoms with Gasteiger partial charge in [0.2, 0.25) is 11.8 Å². The monoisotopic (exact) mass is 281 g/mol. The molecule has 0 unspecified atom stereocenters. The Morgan fingerprint density at radius 1 is 0.750 bits per heavy atom. The quantitative estimate of drug-likeness (QED) is 0.757. The number of nitrogens with zero attached hydrogens (tertiary/aromatic N) is 3. The lowest BCUT2D eigenvalue weighted by molar-refractivity contribution is -0.133. The minimum atomic E-state index is 0.117. The Kier molecular flexibility index (Phi) is 5.83. The van der Waals surface area contributed by atoms with Gasteiger partial charge in [0, 0.05) is 33.1 Å². The average Bonchev–Trinajstić information content (AvgIpc) is 2.80. The van der Waals surface area contributed by atoms with Gasteiger partial charge in [-0.05, 0) is 32.4 Å². The van der Waals surface area contributed by atoms with Crippen molar-refractivity contribution in [3.63, 3.8) is 0 Å². The van der Waals surface area contributed by atoms with Gasteiger partial charge >= 0.3 is 0 Å². The number of rotatable bonds is 2. The third-order valence-corrected chi connectivity index (χ3v) is 4.35. The van der Waals surface area contributed by atoms with Crippen LogP contribution in [0.2, 0.25) is 0 Å². The topological polar surface area (TPSA) is 43.9 Å². The zero-order chi connectivity index (χ0) is 14.4. The van der Waals surface area contributed by atoms with E-state index in [1.807, 2.05) is 9.80 Å². The van der Waals surface area contributed by atoms with E-state index in [0.717, 1.165) is 32.6 Å². The molecule has 2 saturated heterocycles. The van der Waals surface area contributed by atoms with Crippen LogP contribution in [0, 0.1) is 0 Å². The zero-order valence-corrected chi connectivity index (χ0v) is 12.6. The summed E-state index contributed by atoms with van der Waals surface area (Å²) in [7, 11) is 0. The summed E-state index contributed by atoms with van der Waals surface area (Å²) < 4.78 is 0. The van der Waals surface area contributed by atoms with Crippen LogP contribution in [0.5, 0.6) is 0 Å². The van der Waals surface area contributed by atoms with Crippen molar-refractivity contribution >= 4 is 11.8 Å². The van der Waals surface area contributed by atoms with Crippen LogP contribution < -0.4 is 0 Å². The predicted molar refractivity (Wildman–Crippen MR) is 78.4 cm³/mol. The highest BCUT2D eigenvalue weighted by Gasteiger charge is 2.22. The van der Waals surface area contributed by atoms with Crippen LogP contribution in [-0.2, 0) is 9.59 Å². The predicted octanol–water partition coefficient (Wildman–Crippen LogP) is 0.943. The van der Waals surface area contributed by atoms with E-state index in [1.54, 1.807) is 6.92 Å². The second kappa shape index (κ2) is 7.62. The fourth-order valence-electron chi connectivity index (χ4n) is 3.07. The molecular weight excluding hydrogens is 254 g/mol. The lowest BCUT2D eigenvalue weighted by atomic mass is 10.2. The summed E-state index contributed by atoms with van der Waals surface area (Å²) in [4.78, 5) is 29.9. The van der Waals surface area contributed by atoms with E-state index < -0.39 is 0 Å². The third-order valence-electron chi connectivity index (χ3n) is 4.35. The lowest BCUT2D eigenvalue weighted by Gasteiger charge is -2.25. The van der Waals surface area contributed by atoms with Crippen molar-refractivity contribution in [2.24, 2.45) is 0 Å². The summed E-state index contributed by atoms with van der Waals surface area (Å²) in [6, 6.07) is 0. The summed E-state index contributed by atoms with van der Waals surface area (Å²) in [5.74, 6) is 0.351. The molecule has 0 aromatic rings. The van der Waals surface area contributed by atoms with Gasteiger partial charge in [-0.25, -0.2) is 0 Å². The molecule has 0 radical (unpaired) electrons. The average molecular weight is 281 g/mol. The van der Waals surface area contributed by atoms with Crippen molar-refractivity contribution in [2.45, 2.75) is 39.0 Å². The van der Waals surface area contributed by atoms with E-state index >= 15 is 0 Å². The molecular formula is C15H27N3O2. The van der Waals surface area contributed by atoms with Gasteiger partial charge in [0.15, 0.2) is 0 Å². The smallest absolute Gasteiger partial charge is 0.236 e. The molecule has 2 rings (SSSR count). The van der Waals surface area contributed by atoms with E-state index in [4.69, 9.17) is 0 Å². The molecule has 20 heavy (non-hydrogen) atoms. The van der Waals surface area contributed by atoms with Crippen LogP contribution in [0.25, 0.3) is 0 Å². The molecule has 5 heteroatoms. The largest absolute Gasteiger partial charge is 0.341 e. The van der Waals surface area contributed by atoms with Gasteiger partial charge < -0.3 is 9.80 Å². The molecule has 2 fully saturated rings. The maximum absolute atomic E-state index is 12.4. The van der Waals surface area contributed by atoms with Crippen LogP contribution in [0.3, 0.4) is 0 Å². The van der Waals surface area contributed by atoms with Crippen molar-refractivity contribution in [1.29, 1.82) is 0 Å². The van der Waals surface area contributed by atoms with Crippen molar-refractivity contribution < 1.29 is 9.59 Å². The molecule has 0 bridgehead atoms. The SMILES string of the molecule is CC(=O)N1CCCN(C(=O)CN2CCCCCC2)CC1. The van der Waals surface area contributed by atoms with Gasteiger partial charge in [-0.1, -0.05) is 12.8 Å². The van der Waals surface area contributed by atoms with Crippen molar-refractivity contribution in [3.05, 3.63) is 0 Å². The zero-order valence-electron chi connectivity index (χ0n) is 12.6. The van der Waals surface area contributed by atoms with E-state index in [9.17, 15) is 9.59 Å². The number of hydrogen-bond donors (Lipinski definition) is 0. The first-order valence-corrected chi connectivity index (χ1v) is 7.92. The standard InChI is InChI=1S/C15H27N3O2/c1-14(19)17-9-6-10-18(12-11-17)15(20)13-16-7-4-2-3-5-8-16/h2-13H2,1H3. The van der Waals surface area contributed by atoms with Gasteiger partial charge in [0.05, 0.1) is 6.54 Å². The second-order valence-corrected chi connectivity index (χ2v) is 5.93. The Labute approximate surface area is 121 Å². The molecule has 5 nitrogen and oxygen atoms in total. The molecule has 0 spiro atoms. The highest BCUT2D eigenvalue weighted by molar-refractivity contribution is 5.78. The highest BCUT2D eigenvalue weighted by Crippen LogP contribution is 2.10. The van der Waals surface area contributed by atoms with Gasteiger partial charge in [-0.3, -0.25) is 14.5 Å². The van der Waals surface area contributed by atoms with Crippen LogP contribution in [0.1, 0.15) is 39.0 Å². The molecule has 2 aliphatic rings. The first kappa shape index (κ1) is 15.3. The van der Waals surface area contributed by atoms with Crippen LogP contribution in [-0.4, -0.2) is 72.3 Å². The first-order chi connectivity index (χ1) is 9.66. The molecule has 0 atom stereocenters. The molecule has 0 saturated carbocycles. The highest BCUT2D eigenvalue weighted by atomic mass is 16.2. The molecule has 114 valence electrons. The molecule has 2 amide bonds. The van der Waals surface area contributed by atoms with Crippen LogP contribution in [0.15, 0.2) is 0 Å². The maximum Gasteiger partial charge on any atom is 0.236 e. The van der Waals surface area contributed by atoms with Crippen molar-refractivity contribution in [1.82, 2.24) is 14.7 Å². The van der Waals surface area contributed by atoms with Crippen LogP contribution >= 0.6 is 0 Å². The maximum atomic E-state index is 12.4. The van der Waals surface area contributed by atoms with E-state index in [-0.39, 0.29) is 11.8 Å². The number of likely N-dealkylation sites (tertiary alicyclic amines) is 1. The normalized spacial score (nSPS) is 22.2. The Balaban J connectivity index is 1.81. The van der Waals surface area contributed by atoms with E-state index in [1.165, 1.54) is 25.7 Å². The number of hydrogen-bond acceptors (Lipinski definition) is 3. The molecule has 0 aliphatic carbocycles. The van der Waals surface area contributed by atoms with Gasteiger partial charge in [0.1, 0.15) is 0 Å². The Bertz CT molecular complexity index is 338. The van der Waals surface area contributed by atoms with Gasteiger partial charge in [0.25, 0.3) is 0 Å². The Morgan fingerprint density at radius 3 is 2.00 bits per heavy atom. The Hall–Kier alpha value is -1.10. The summed E-state index contributed by atoms with van der Waals surface area (Å²) >= 11 is 0. The number of carbonyl (C=O) groups excluding carboxylic acids is 2. The summed E-state index contributed by atoms with van der Waals surface area (Å²) in [6.45, 7) is 7.21. The Morgan fingerprint density at radius 2 is 1.35 bits per heavy atom. The molecule has 2 aliphatic heterocycles. The van der Waals surface area contributed by atoms with E-state index in [0.29, 0.717) is 19.6 Å². The lowest BCUT2D eigenvalue weighted by Crippen LogP contribution is -2.42. The molecule has 0 aromatic carbocycles. The summed E-state index contributed by atoms with van der Waals surface area (Å²) in [5.41, 5.74) is 0. The molecule has 2 heterocycles. The summed E-state index contributed by atoms with van der Waals surface area (Å²) in [6.07, 6.45) is 5.91. The summed E-state index contributed by atoms with van der Waals surface area (Å²) in [5, 5.41) is 0. The van der Waals surface area contributed by atoms with Crippen LogP contribution in [0.4, 0.5) is 0 Å².